The van der Waals surface area contributed by atoms with Crippen molar-refractivity contribution in [3.63, 3.8) is 0 Å². The molecule has 5 heteroatoms. The van der Waals surface area contributed by atoms with E-state index in [-0.39, 0.29) is 17.6 Å². The van der Waals surface area contributed by atoms with Crippen LogP contribution in [0.5, 0.6) is 0 Å². The molecule has 110 valence electrons. The van der Waals surface area contributed by atoms with E-state index in [1.54, 1.807) is 30.1 Å². The molecule has 0 spiro atoms. The van der Waals surface area contributed by atoms with Gasteiger partial charge in [0.25, 0.3) is 0 Å². The maximum absolute atomic E-state index is 13.8. The summed E-state index contributed by atoms with van der Waals surface area (Å²) >= 11 is 0. The van der Waals surface area contributed by atoms with Crippen LogP contribution in [0, 0.1) is 5.82 Å². The second kappa shape index (κ2) is 6.74. The van der Waals surface area contributed by atoms with Crippen LogP contribution in [0.25, 0.3) is 0 Å². The van der Waals surface area contributed by atoms with Crippen LogP contribution in [0.1, 0.15) is 11.5 Å². The van der Waals surface area contributed by atoms with E-state index < -0.39 is 0 Å². The van der Waals surface area contributed by atoms with Crippen LogP contribution in [0.15, 0.2) is 59.8 Å². The van der Waals surface area contributed by atoms with Crippen molar-refractivity contribution < 1.29 is 9.60 Å². The van der Waals surface area contributed by atoms with Crippen LogP contribution in [-0.4, -0.2) is 24.6 Å². The average Bonchev–Trinajstić information content (AvgIpc) is 2.53. The maximum Gasteiger partial charge on any atom is 0.148 e. The zero-order valence-corrected chi connectivity index (χ0v) is 11.8. The molecule has 0 aliphatic carbocycles. The third-order valence-corrected chi connectivity index (χ3v) is 3.39. The molecule has 0 bridgehead atoms. The molecule has 0 radical (unpaired) electrons. The molecule has 4 nitrogen and oxygen atoms in total. The first kappa shape index (κ1) is 14.8. The number of nitrogens with zero attached hydrogens (tertiary/aromatic N) is 2. The molecule has 1 atom stereocenters. The maximum atomic E-state index is 13.8. The molecule has 0 amide bonds. The lowest BCUT2D eigenvalue weighted by Crippen LogP contribution is -2.33. The third-order valence-electron chi connectivity index (χ3n) is 3.39. The van der Waals surface area contributed by atoms with Crippen LogP contribution in [-0.2, 0) is 0 Å². The number of likely N-dealkylation sites (N-methyl/N-ethyl adjacent to an activating group) is 1. The molecule has 0 aliphatic heterocycles. The molecule has 0 aromatic heterocycles. The van der Waals surface area contributed by atoms with Gasteiger partial charge in [-0.3, -0.25) is 0 Å². The minimum atomic E-state index is -0.319. The van der Waals surface area contributed by atoms with Crippen molar-refractivity contribution in [2.75, 3.05) is 18.5 Å². The van der Waals surface area contributed by atoms with E-state index in [1.165, 1.54) is 6.07 Å². The Morgan fingerprint density at radius 3 is 2.43 bits per heavy atom. The molecule has 2 aromatic carbocycles. The van der Waals surface area contributed by atoms with E-state index in [2.05, 4.69) is 5.16 Å². The summed E-state index contributed by atoms with van der Waals surface area (Å²) < 4.78 is 13.8. The Bertz CT molecular complexity index is 616. The zero-order valence-electron chi connectivity index (χ0n) is 11.8. The van der Waals surface area contributed by atoms with Gasteiger partial charge in [0.05, 0.1) is 11.6 Å². The summed E-state index contributed by atoms with van der Waals surface area (Å²) in [5, 5.41) is 12.1. The number of anilines is 1. The monoisotopic (exact) mass is 287 g/mol. The Kier molecular flexibility index (Phi) is 4.77. The summed E-state index contributed by atoms with van der Waals surface area (Å²) in [7, 11) is 1.78. The molecule has 0 saturated carbocycles. The Balaban J connectivity index is 2.26. The van der Waals surface area contributed by atoms with Gasteiger partial charge in [-0.25, -0.2) is 4.39 Å². The zero-order chi connectivity index (χ0) is 15.2. The second-order valence-corrected chi connectivity index (χ2v) is 4.82. The van der Waals surface area contributed by atoms with Crippen LogP contribution >= 0.6 is 0 Å². The molecule has 0 fully saturated rings. The minimum absolute atomic E-state index is 0.101. The van der Waals surface area contributed by atoms with Crippen LogP contribution in [0.3, 0.4) is 0 Å². The van der Waals surface area contributed by atoms with E-state index >= 15 is 0 Å². The van der Waals surface area contributed by atoms with Gasteiger partial charge in [0, 0.05) is 13.6 Å². The van der Waals surface area contributed by atoms with Gasteiger partial charge in [-0.2, -0.15) is 0 Å². The quantitative estimate of drug-likeness (QED) is 0.385. The predicted molar refractivity (Wildman–Crippen MR) is 82.3 cm³/mol. The van der Waals surface area contributed by atoms with Crippen molar-refractivity contribution in [3.05, 3.63) is 66.0 Å². The van der Waals surface area contributed by atoms with E-state index in [9.17, 15) is 4.39 Å². The normalized spacial score (nSPS) is 13.0. The number of oxime groups is 1. The third kappa shape index (κ3) is 3.51. The van der Waals surface area contributed by atoms with Gasteiger partial charge in [0.15, 0.2) is 0 Å². The van der Waals surface area contributed by atoms with E-state index in [1.807, 2.05) is 30.3 Å². The number of nitrogens with two attached hydrogens (primary N) is 1. The number of para-hydroxylation sites is 1. The fourth-order valence-electron chi connectivity index (χ4n) is 2.26. The number of hydrogen-bond donors (Lipinski definition) is 2. The highest BCUT2D eigenvalue weighted by atomic mass is 19.1. The van der Waals surface area contributed by atoms with Crippen molar-refractivity contribution in [1.82, 2.24) is 0 Å². The topological polar surface area (TPSA) is 61.8 Å². The second-order valence-electron chi connectivity index (χ2n) is 4.82. The highest BCUT2D eigenvalue weighted by Crippen LogP contribution is 2.22. The summed E-state index contributed by atoms with van der Waals surface area (Å²) in [6.45, 7) is 0.404. The molecule has 1 unspecified atom stereocenters. The first-order valence-electron chi connectivity index (χ1n) is 6.61. The van der Waals surface area contributed by atoms with Crippen LogP contribution < -0.4 is 10.6 Å². The fraction of sp³-hybridized carbons (Fsp3) is 0.188. The number of halogens is 1. The lowest BCUT2D eigenvalue weighted by Gasteiger charge is -2.25. The van der Waals surface area contributed by atoms with Gasteiger partial charge in [0.1, 0.15) is 11.7 Å². The van der Waals surface area contributed by atoms with Crippen molar-refractivity contribution >= 4 is 11.5 Å². The summed E-state index contributed by atoms with van der Waals surface area (Å²) in [6, 6.07) is 16.0. The minimum Gasteiger partial charge on any atom is -0.409 e. The first-order valence-corrected chi connectivity index (χ1v) is 6.61. The van der Waals surface area contributed by atoms with Crippen LogP contribution in [0.4, 0.5) is 10.1 Å². The average molecular weight is 287 g/mol. The van der Waals surface area contributed by atoms with Gasteiger partial charge in [-0.15, -0.1) is 0 Å². The fourth-order valence-corrected chi connectivity index (χ4v) is 2.26. The summed E-state index contributed by atoms with van der Waals surface area (Å²) in [4.78, 5) is 1.76. The van der Waals surface area contributed by atoms with E-state index in [0.717, 1.165) is 5.56 Å². The van der Waals surface area contributed by atoms with Gasteiger partial charge in [-0.05, 0) is 17.7 Å². The Morgan fingerprint density at radius 2 is 1.81 bits per heavy atom. The van der Waals surface area contributed by atoms with Crippen LogP contribution in [0.2, 0.25) is 0 Å². The largest absolute Gasteiger partial charge is 0.409 e. The van der Waals surface area contributed by atoms with Gasteiger partial charge in [0.2, 0.25) is 0 Å². The van der Waals surface area contributed by atoms with Crippen molar-refractivity contribution in [3.8, 4) is 0 Å². The molecule has 0 saturated heterocycles. The summed E-state index contributed by atoms with van der Waals surface area (Å²) in [5.74, 6) is -0.517. The molecule has 2 rings (SSSR count). The lowest BCUT2D eigenvalue weighted by atomic mass is 9.97. The van der Waals surface area contributed by atoms with Gasteiger partial charge in [-0.1, -0.05) is 47.6 Å². The molecule has 21 heavy (non-hydrogen) atoms. The number of hydrogen-bond acceptors (Lipinski definition) is 3. The van der Waals surface area contributed by atoms with E-state index in [0.29, 0.717) is 12.2 Å². The highest BCUT2D eigenvalue weighted by molar-refractivity contribution is 5.87. The number of benzene rings is 2. The molecular weight excluding hydrogens is 269 g/mol. The van der Waals surface area contributed by atoms with E-state index in [4.69, 9.17) is 10.9 Å². The molecular formula is C16H18FN3O. The lowest BCUT2D eigenvalue weighted by molar-refractivity contribution is 0.316. The summed E-state index contributed by atoms with van der Waals surface area (Å²) in [5.41, 5.74) is 7.18. The SMILES string of the molecule is CN(CC(C(N)=NO)c1ccccc1)c1ccccc1F. The molecule has 0 aliphatic rings. The van der Waals surface area contributed by atoms with Crippen molar-refractivity contribution in [1.29, 1.82) is 0 Å². The first-order chi connectivity index (χ1) is 10.1. The molecule has 2 aromatic rings. The summed E-state index contributed by atoms with van der Waals surface area (Å²) in [6.07, 6.45) is 0. The van der Waals surface area contributed by atoms with Crippen molar-refractivity contribution in [2.45, 2.75) is 5.92 Å². The highest BCUT2D eigenvalue weighted by Gasteiger charge is 2.20. The molecule has 0 heterocycles. The van der Waals surface area contributed by atoms with Gasteiger partial charge < -0.3 is 15.8 Å². The van der Waals surface area contributed by atoms with Crippen molar-refractivity contribution in [2.24, 2.45) is 10.9 Å². The number of amidine groups is 1. The Morgan fingerprint density at radius 1 is 1.19 bits per heavy atom. The van der Waals surface area contributed by atoms with Gasteiger partial charge >= 0.3 is 0 Å². The smallest absolute Gasteiger partial charge is 0.148 e. The Labute approximate surface area is 123 Å². The predicted octanol–water partition coefficient (Wildman–Crippen LogP) is 2.79. The standard InChI is InChI=1S/C16H18FN3O/c1-20(15-10-6-5-9-14(15)17)11-13(16(18)19-21)12-7-3-2-4-8-12/h2-10,13,21H,11H2,1H3,(H2,18,19). The molecule has 3 N–H and O–H groups in total. The Hall–Kier alpha value is -2.56. The number of rotatable bonds is 5.